The van der Waals surface area contributed by atoms with Crippen LogP contribution in [-0.4, -0.2) is 23.7 Å². The molecule has 0 saturated heterocycles. The van der Waals surface area contributed by atoms with Crippen molar-refractivity contribution < 1.29 is 14.3 Å². The van der Waals surface area contributed by atoms with E-state index in [1.54, 1.807) is 6.07 Å². The Kier molecular flexibility index (Phi) is 5.82. The SMILES string of the molecule is CCC(CO)NC(=O)/C=C/c1c(F)cccc1Cl. The van der Waals surface area contributed by atoms with Gasteiger partial charge in [0.25, 0.3) is 0 Å². The van der Waals surface area contributed by atoms with Crippen molar-refractivity contribution in [2.75, 3.05) is 6.61 Å². The van der Waals surface area contributed by atoms with Crippen molar-refractivity contribution in [3.05, 3.63) is 40.7 Å². The summed E-state index contributed by atoms with van der Waals surface area (Å²) in [5.41, 5.74) is 0.173. The number of hydrogen-bond donors (Lipinski definition) is 2. The Labute approximate surface area is 110 Å². The number of nitrogens with one attached hydrogen (secondary N) is 1. The highest BCUT2D eigenvalue weighted by atomic mass is 35.5. The summed E-state index contributed by atoms with van der Waals surface area (Å²) >= 11 is 5.81. The van der Waals surface area contributed by atoms with Crippen molar-refractivity contribution in [3.63, 3.8) is 0 Å². The smallest absolute Gasteiger partial charge is 0.244 e. The molecule has 0 heterocycles. The number of amides is 1. The van der Waals surface area contributed by atoms with E-state index in [1.807, 2.05) is 6.92 Å². The van der Waals surface area contributed by atoms with Crippen LogP contribution >= 0.6 is 11.6 Å². The highest BCUT2D eigenvalue weighted by Gasteiger charge is 2.07. The van der Waals surface area contributed by atoms with Gasteiger partial charge in [0.1, 0.15) is 5.82 Å². The lowest BCUT2D eigenvalue weighted by Crippen LogP contribution is -2.35. The summed E-state index contributed by atoms with van der Waals surface area (Å²) in [5, 5.41) is 11.8. The monoisotopic (exact) mass is 271 g/mol. The molecule has 0 saturated carbocycles. The highest BCUT2D eigenvalue weighted by molar-refractivity contribution is 6.32. The fraction of sp³-hybridized carbons (Fsp3) is 0.308. The van der Waals surface area contributed by atoms with Gasteiger partial charge < -0.3 is 10.4 Å². The predicted octanol–water partition coefficient (Wildman–Crippen LogP) is 2.38. The molecule has 18 heavy (non-hydrogen) atoms. The summed E-state index contributed by atoms with van der Waals surface area (Å²) in [7, 11) is 0. The summed E-state index contributed by atoms with van der Waals surface area (Å²) in [4.78, 5) is 11.5. The van der Waals surface area contributed by atoms with Gasteiger partial charge in [-0.05, 0) is 24.6 Å². The zero-order valence-corrected chi connectivity index (χ0v) is 10.7. The van der Waals surface area contributed by atoms with Crippen LogP contribution in [0.2, 0.25) is 5.02 Å². The summed E-state index contributed by atoms with van der Waals surface area (Å²) in [6.45, 7) is 1.72. The summed E-state index contributed by atoms with van der Waals surface area (Å²) in [6, 6.07) is 4.02. The minimum Gasteiger partial charge on any atom is -0.394 e. The number of rotatable bonds is 5. The summed E-state index contributed by atoms with van der Waals surface area (Å²) in [6.07, 6.45) is 3.14. The van der Waals surface area contributed by atoms with Gasteiger partial charge in [0.15, 0.2) is 0 Å². The van der Waals surface area contributed by atoms with Crippen molar-refractivity contribution in [2.45, 2.75) is 19.4 Å². The standard InChI is InChI=1S/C13H15ClFNO2/c1-2-9(8-17)16-13(18)7-6-10-11(14)4-3-5-12(10)15/h3-7,9,17H,2,8H2,1H3,(H,16,18)/b7-6+. The maximum absolute atomic E-state index is 13.4. The average Bonchev–Trinajstić information content (AvgIpc) is 2.35. The van der Waals surface area contributed by atoms with Gasteiger partial charge >= 0.3 is 0 Å². The molecule has 5 heteroatoms. The van der Waals surface area contributed by atoms with Crippen LogP contribution in [0.25, 0.3) is 6.08 Å². The molecule has 1 unspecified atom stereocenters. The Morgan fingerprint density at radius 2 is 2.33 bits per heavy atom. The maximum atomic E-state index is 13.4. The van der Waals surface area contributed by atoms with Gasteiger partial charge in [-0.3, -0.25) is 4.79 Å². The maximum Gasteiger partial charge on any atom is 0.244 e. The molecule has 0 radical (unpaired) electrons. The van der Waals surface area contributed by atoms with Crippen molar-refractivity contribution in [3.8, 4) is 0 Å². The predicted molar refractivity (Wildman–Crippen MR) is 69.8 cm³/mol. The quantitative estimate of drug-likeness (QED) is 0.808. The third kappa shape index (κ3) is 4.13. The number of aliphatic hydroxyl groups is 1. The number of carbonyl (C=O) groups excluding carboxylic acids is 1. The minimum absolute atomic E-state index is 0.128. The molecule has 0 aliphatic rings. The molecule has 1 aromatic carbocycles. The molecule has 0 aromatic heterocycles. The Morgan fingerprint density at radius 1 is 1.61 bits per heavy atom. The normalized spacial score (nSPS) is 12.7. The average molecular weight is 272 g/mol. The van der Waals surface area contributed by atoms with Crippen molar-refractivity contribution >= 4 is 23.6 Å². The molecular weight excluding hydrogens is 257 g/mol. The van der Waals surface area contributed by atoms with E-state index in [9.17, 15) is 9.18 Å². The van der Waals surface area contributed by atoms with E-state index in [2.05, 4.69) is 5.32 Å². The van der Waals surface area contributed by atoms with Crippen molar-refractivity contribution in [1.29, 1.82) is 0 Å². The molecule has 1 atom stereocenters. The fourth-order valence-electron chi connectivity index (χ4n) is 1.36. The number of halogens is 2. The van der Waals surface area contributed by atoms with Crippen LogP contribution in [0.5, 0.6) is 0 Å². The van der Waals surface area contributed by atoms with Crippen LogP contribution in [0.4, 0.5) is 4.39 Å². The molecule has 0 aliphatic heterocycles. The topological polar surface area (TPSA) is 49.3 Å². The van der Waals surface area contributed by atoms with E-state index >= 15 is 0 Å². The number of carbonyl (C=O) groups is 1. The number of aliphatic hydroxyl groups excluding tert-OH is 1. The second kappa shape index (κ2) is 7.13. The van der Waals surface area contributed by atoms with Crippen molar-refractivity contribution in [1.82, 2.24) is 5.32 Å². The van der Waals surface area contributed by atoms with Gasteiger partial charge in [0.05, 0.1) is 17.7 Å². The second-order valence-corrected chi connectivity index (χ2v) is 4.17. The van der Waals surface area contributed by atoms with Gasteiger partial charge in [-0.1, -0.05) is 24.6 Å². The third-order valence-electron chi connectivity index (χ3n) is 2.46. The zero-order valence-electron chi connectivity index (χ0n) is 9.99. The molecule has 0 spiro atoms. The Hall–Kier alpha value is -1.39. The molecule has 1 aromatic rings. The second-order valence-electron chi connectivity index (χ2n) is 3.77. The number of benzene rings is 1. The Balaban J connectivity index is 2.72. The van der Waals surface area contributed by atoms with E-state index in [4.69, 9.17) is 16.7 Å². The molecule has 2 N–H and O–H groups in total. The molecule has 0 fully saturated rings. The Morgan fingerprint density at radius 3 is 2.89 bits per heavy atom. The first-order valence-electron chi connectivity index (χ1n) is 5.62. The first kappa shape index (κ1) is 14.7. The molecule has 3 nitrogen and oxygen atoms in total. The first-order valence-corrected chi connectivity index (χ1v) is 5.99. The van der Waals surface area contributed by atoms with E-state index in [1.165, 1.54) is 24.3 Å². The lowest BCUT2D eigenvalue weighted by molar-refractivity contribution is -0.117. The van der Waals surface area contributed by atoms with Crippen LogP contribution in [0.1, 0.15) is 18.9 Å². The van der Waals surface area contributed by atoms with Crippen LogP contribution in [0, 0.1) is 5.82 Å². The van der Waals surface area contributed by atoms with Crippen LogP contribution in [0.15, 0.2) is 24.3 Å². The lowest BCUT2D eigenvalue weighted by atomic mass is 10.2. The van der Waals surface area contributed by atoms with E-state index < -0.39 is 11.7 Å². The van der Waals surface area contributed by atoms with E-state index in [0.717, 1.165) is 0 Å². The molecule has 1 rings (SSSR count). The van der Waals surface area contributed by atoms with Gasteiger partial charge in [-0.25, -0.2) is 4.39 Å². The minimum atomic E-state index is -0.485. The molecule has 98 valence electrons. The van der Waals surface area contributed by atoms with Crippen LogP contribution in [0.3, 0.4) is 0 Å². The summed E-state index contributed by atoms with van der Waals surface area (Å²) in [5.74, 6) is -0.879. The fourth-order valence-corrected chi connectivity index (χ4v) is 1.58. The van der Waals surface area contributed by atoms with E-state index in [-0.39, 0.29) is 23.2 Å². The van der Waals surface area contributed by atoms with E-state index in [0.29, 0.717) is 6.42 Å². The Bertz CT molecular complexity index is 424. The van der Waals surface area contributed by atoms with Gasteiger partial charge in [0.2, 0.25) is 5.91 Å². The van der Waals surface area contributed by atoms with Crippen molar-refractivity contribution in [2.24, 2.45) is 0 Å². The first-order chi connectivity index (χ1) is 8.58. The lowest BCUT2D eigenvalue weighted by Gasteiger charge is -2.11. The number of hydrogen-bond acceptors (Lipinski definition) is 2. The van der Waals surface area contributed by atoms with Gasteiger partial charge in [0, 0.05) is 11.6 Å². The largest absolute Gasteiger partial charge is 0.394 e. The molecule has 1 amide bonds. The van der Waals surface area contributed by atoms with Crippen LogP contribution in [-0.2, 0) is 4.79 Å². The third-order valence-corrected chi connectivity index (χ3v) is 2.79. The molecular formula is C13H15ClFNO2. The highest BCUT2D eigenvalue weighted by Crippen LogP contribution is 2.20. The molecule has 0 bridgehead atoms. The van der Waals surface area contributed by atoms with Gasteiger partial charge in [-0.2, -0.15) is 0 Å². The molecule has 0 aliphatic carbocycles. The van der Waals surface area contributed by atoms with Gasteiger partial charge in [-0.15, -0.1) is 0 Å². The van der Waals surface area contributed by atoms with Crippen LogP contribution < -0.4 is 5.32 Å². The summed E-state index contributed by atoms with van der Waals surface area (Å²) < 4.78 is 13.4. The zero-order chi connectivity index (χ0) is 13.5.